The molecule has 0 aliphatic carbocycles. The summed E-state index contributed by atoms with van der Waals surface area (Å²) < 4.78 is 26.9. The monoisotopic (exact) mass is 334 g/mol. The molecule has 0 spiro atoms. The molecular formula is C13H19ClN2O4S. The van der Waals surface area contributed by atoms with E-state index in [2.05, 4.69) is 4.72 Å². The molecule has 0 aliphatic heterocycles. The predicted octanol–water partition coefficient (Wildman–Crippen LogP) is 1.66. The second-order valence-corrected chi connectivity index (χ2v) is 7.18. The smallest absolute Gasteiger partial charge is 0.337 e. The zero-order valence-corrected chi connectivity index (χ0v) is 13.7. The van der Waals surface area contributed by atoms with Crippen molar-refractivity contribution < 1.29 is 18.3 Å². The zero-order valence-electron chi connectivity index (χ0n) is 12.1. The van der Waals surface area contributed by atoms with Crippen molar-refractivity contribution in [2.24, 2.45) is 0 Å². The Morgan fingerprint density at radius 3 is 2.52 bits per heavy atom. The molecule has 6 nitrogen and oxygen atoms in total. The first kappa shape index (κ1) is 17.9. The number of carboxylic acids is 1. The fourth-order valence-corrected chi connectivity index (χ4v) is 3.31. The Morgan fingerprint density at radius 2 is 2.05 bits per heavy atom. The summed E-state index contributed by atoms with van der Waals surface area (Å²) in [4.78, 5) is 12.8. The molecule has 8 heteroatoms. The fraction of sp³-hybridized carbons (Fsp3) is 0.462. The Kier molecular flexibility index (Phi) is 6.15. The first-order chi connectivity index (χ1) is 9.63. The van der Waals surface area contributed by atoms with Crippen LogP contribution in [-0.4, -0.2) is 51.1 Å². The lowest BCUT2D eigenvalue weighted by Crippen LogP contribution is -2.34. The van der Waals surface area contributed by atoms with Crippen molar-refractivity contribution in [1.29, 1.82) is 0 Å². The highest BCUT2D eigenvalue weighted by molar-refractivity contribution is 7.89. The Bertz CT molecular complexity index is 617. The number of nitrogens with one attached hydrogen (secondary N) is 1. The topological polar surface area (TPSA) is 86.7 Å². The molecule has 1 aromatic rings. The highest BCUT2D eigenvalue weighted by Crippen LogP contribution is 2.21. The van der Waals surface area contributed by atoms with E-state index in [1.165, 1.54) is 12.1 Å². The van der Waals surface area contributed by atoms with Gasteiger partial charge in [-0.05, 0) is 52.2 Å². The third-order valence-electron chi connectivity index (χ3n) is 2.85. The van der Waals surface area contributed by atoms with E-state index >= 15 is 0 Å². The lowest BCUT2D eigenvalue weighted by atomic mass is 10.2. The number of benzene rings is 1. The second-order valence-electron chi connectivity index (χ2n) is 5.06. The molecule has 1 aromatic carbocycles. The Morgan fingerprint density at radius 1 is 1.43 bits per heavy atom. The predicted molar refractivity (Wildman–Crippen MR) is 81.4 cm³/mol. The van der Waals surface area contributed by atoms with Gasteiger partial charge in [0.25, 0.3) is 0 Å². The second kappa shape index (κ2) is 7.22. The summed E-state index contributed by atoms with van der Waals surface area (Å²) in [6, 6.07) is 3.32. The van der Waals surface area contributed by atoms with Gasteiger partial charge in [0.05, 0.1) is 15.5 Å². The average Bonchev–Trinajstić information content (AvgIpc) is 2.35. The van der Waals surface area contributed by atoms with Gasteiger partial charge in [0.15, 0.2) is 0 Å². The van der Waals surface area contributed by atoms with Crippen LogP contribution in [0, 0.1) is 0 Å². The van der Waals surface area contributed by atoms with Gasteiger partial charge >= 0.3 is 5.97 Å². The number of sulfonamides is 1. The van der Waals surface area contributed by atoms with Crippen LogP contribution in [0.2, 0.25) is 5.02 Å². The van der Waals surface area contributed by atoms with Crippen molar-refractivity contribution in [2.75, 3.05) is 20.6 Å². The summed E-state index contributed by atoms with van der Waals surface area (Å²) in [7, 11) is 0.0984. The number of aromatic carboxylic acids is 1. The fourth-order valence-electron chi connectivity index (χ4n) is 1.68. The van der Waals surface area contributed by atoms with Gasteiger partial charge in [-0.2, -0.15) is 0 Å². The maximum Gasteiger partial charge on any atom is 0.337 e. The molecule has 0 bridgehead atoms. The van der Waals surface area contributed by atoms with E-state index in [1.54, 1.807) is 6.92 Å². The van der Waals surface area contributed by atoms with E-state index in [4.69, 9.17) is 16.7 Å². The van der Waals surface area contributed by atoms with Gasteiger partial charge in [-0.3, -0.25) is 0 Å². The number of hydrogen-bond donors (Lipinski definition) is 2. The largest absolute Gasteiger partial charge is 0.478 e. The number of halogens is 1. The summed E-state index contributed by atoms with van der Waals surface area (Å²) in [6.07, 6.45) is 0.660. The lowest BCUT2D eigenvalue weighted by Gasteiger charge is -2.17. The number of carboxylic acid groups (broad SMARTS) is 1. The number of hydrogen-bond acceptors (Lipinski definition) is 4. The van der Waals surface area contributed by atoms with Crippen LogP contribution in [-0.2, 0) is 10.0 Å². The van der Waals surface area contributed by atoms with E-state index in [-0.39, 0.29) is 21.5 Å². The molecular weight excluding hydrogens is 316 g/mol. The molecule has 1 rings (SSSR count). The Labute approximate surface area is 129 Å². The van der Waals surface area contributed by atoms with Crippen molar-refractivity contribution in [3.05, 3.63) is 28.8 Å². The van der Waals surface area contributed by atoms with E-state index in [0.717, 1.165) is 12.6 Å². The molecule has 0 fully saturated rings. The van der Waals surface area contributed by atoms with Gasteiger partial charge < -0.3 is 10.0 Å². The standard InChI is InChI=1S/C13H19ClN2O4S/c1-9(6-7-16(2)3)15-21(19,20)10-4-5-11(13(17)18)12(14)8-10/h4-5,8-9,15H,6-7H2,1-3H3,(H,17,18). The highest BCUT2D eigenvalue weighted by atomic mass is 35.5. The zero-order chi connectivity index (χ0) is 16.2. The molecule has 0 aliphatic rings. The van der Waals surface area contributed by atoms with Crippen molar-refractivity contribution in [3.8, 4) is 0 Å². The summed E-state index contributed by atoms with van der Waals surface area (Å²) in [5.74, 6) is -1.20. The molecule has 1 unspecified atom stereocenters. The molecule has 21 heavy (non-hydrogen) atoms. The Balaban J connectivity index is 2.88. The van der Waals surface area contributed by atoms with Crippen LogP contribution in [0.15, 0.2) is 23.1 Å². The molecule has 0 amide bonds. The number of nitrogens with zero attached hydrogens (tertiary/aromatic N) is 1. The van der Waals surface area contributed by atoms with Crippen LogP contribution >= 0.6 is 11.6 Å². The number of carbonyl (C=O) groups is 1. The minimum Gasteiger partial charge on any atom is -0.478 e. The molecule has 1 atom stereocenters. The van der Waals surface area contributed by atoms with Crippen molar-refractivity contribution in [1.82, 2.24) is 9.62 Å². The third kappa shape index (κ3) is 5.28. The Hall–Kier alpha value is -1.15. The van der Waals surface area contributed by atoms with Crippen LogP contribution in [0.25, 0.3) is 0 Å². The van der Waals surface area contributed by atoms with Gasteiger partial charge in [0.2, 0.25) is 10.0 Å². The average molecular weight is 335 g/mol. The molecule has 0 heterocycles. The summed E-state index contributed by atoms with van der Waals surface area (Å²) in [5, 5.41) is 8.77. The highest BCUT2D eigenvalue weighted by Gasteiger charge is 2.19. The maximum absolute atomic E-state index is 12.2. The normalized spacial score (nSPS) is 13.4. The molecule has 0 radical (unpaired) electrons. The van der Waals surface area contributed by atoms with E-state index in [1.807, 2.05) is 19.0 Å². The van der Waals surface area contributed by atoms with E-state index in [9.17, 15) is 13.2 Å². The molecule has 118 valence electrons. The molecule has 0 saturated heterocycles. The van der Waals surface area contributed by atoms with Gasteiger partial charge in [-0.25, -0.2) is 17.9 Å². The van der Waals surface area contributed by atoms with Crippen LogP contribution in [0.3, 0.4) is 0 Å². The first-order valence-electron chi connectivity index (χ1n) is 6.33. The van der Waals surface area contributed by atoms with Crippen molar-refractivity contribution >= 4 is 27.6 Å². The summed E-state index contributed by atoms with van der Waals surface area (Å²) in [6.45, 7) is 2.52. The van der Waals surface area contributed by atoms with Gasteiger partial charge in [0.1, 0.15) is 0 Å². The van der Waals surface area contributed by atoms with Crippen molar-refractivity contribution in [3.63, 3.8) is 0 Å². The molecule has 2 N–H and O–H groups in total. The maximum atomic E-state index is 12.2. The van der Waals surface area contributed by atoms with E-state index in [0.29, 0.717) is 6.42 Å². The van der Waals surface area contributed by atoms with Gasteiger partial charge in [-0.15, -0.1) is 0 Å². The van der Waals surface area contributed by atoms with Crippen LogP contribution in [0.5, 0.6) is 0 Å². The quantitative estimate of drug-likeness (QED) is 0.792. The third-order valence-corrected chi connectivity index (χ3v) is 4.75. The summed E-state index contributed by atoms with van der Waals surface area (Å²) >= 11 is 5.79. The SMILES string of the molecule is CC(CCN(C)C)NS(=O)(=O)c1ccc(C(=O)O)c(Cl)c1. The lowest BCUT2D eigenvalue weighted by molar-refractivity contribution is 0.0697. The first-order valence-corrected chi connectivity index (χ1v) is 8.19. The van der Waals surface area contributed by atoms with Crippen LogP contribution in [0.1, 0.15) is 23.7 Å². The minimum absolute atomic E-state index is 0.0470. The van der Waals surface area contributed by atoms with E-state index < -0.39 is 16.0 Å². The molecule has 0 saturated carbocycles. The van der Waals surface area contributed by atoms with Crippen LogP contribution < -0.4 is 4.72 Å². The summed E-state index contributed by atoms with van der Waals surface area (Å²) in [5.41, 5.74) is -0.128. The number of rotatable bonds is 7. The van der Waals surface area contributed by atoms with Gasteiger partial charge in [0, 0.05) is 6.04 Å². The van der Waals surface area contributed by atoms with Crippen LogP contribution in [0.4, 0.5) is 0 Å². The molecule has 0 aromatic heterocycles. The van der Waals surface area contributed by atoms with Crippen molar-refractivity contribution in [2.45, 2.75) is 24.3 Å². The van der Waals surface area contributed by atoms with Gasteiger partial charge in [-0.1, -0.05) is 11.6 Å². The minimum atomic E-state index is -3.72.